The molecule has 0 saturated heterocycles. The minimum absolute atomic E-state index is 0.254. The summed E-state index contributed by atoms with van der Waals surface area (Å²) < 4.78 is 26.8. The maximum atomic E-state index is 12.7. The van der Waals surface area contributed by atoms with E-state index in [0.717, 1.165) is 0 Å². The maximum absolute atomic E-state index is 12.7. The van der Waals surface area contributed by atoms with Crippen molar-refractivity contribution in [3.63, 3.8) is 0 Å². The van der Waals surface area contributed by atoms with Gasteiger partial charge in [-0.1, -0.05) is 0 Å². The minimum Gasteiger partial charge on any atom is -0.311 e. The highest BCUT2D eigenvalue weighted by Gasteiger charge is 2.46. The Morgan fingerprint density at radius 2 is 2.25 bits per heavy atom. The van der Waals surface area contributed by atoms with Gasteiger partial charge < -0.3 is 4.57 Å². The van der Waals surface area contributed by atoms with Crippen molar-refractivity contribution in [2.45, 2.75) is 24.8 Å². The van der Waals surface area contributed by atoms with Crippen LogP contribution >= 0.6 is 0 Å². The van der Waals surface area contributed by atoms with E-state index in [-0.39, 0.29) is 24.4 Å². The monoisotopic (exact) mass is 225 g/mol. The molecule has 0 atom stereocenters. The third-order valence-corrected chi connectivity index (χ3v) is 3.00. The number of hydrogen-bond donors (Lipinski definition) is 1. The molecule has 4 nitrogen and oxygen atoms in total. The lowest BCUT2D eigenvalue weighted by atomic mass is 9.88. The van der Waals surface area contributed by atoms with Crippen molar-refractivity contribution >= 4 is 10.9 Å². The van der Waals surface area contributed by atoms with Gasteiger partial charge in [-0.3, -0.25) is 9.89 Å². The highest BCUT2D eigenvalue weighted by atomic mass is 19.3. The standard InChI is InChI=1S/C10H9F2N3O/c11-10(12)3-6(4-10)15-2-1-8-7(9(15)16)5-13-14-8/h1-2,5-6H,3-4H2,(H,13,14). The molecule has 0 aliphatic heterocycles. The van der Waals surface area contributed by atoms with E-state index in [2.05, 4.69) is 10.2 Å². The largest absolute Gasteiger partial charge is 0.311 e. The molecule has 0 aromatic carbocycles. The van der Waals surface area contributed by atoms with Gasteiger partial charge in [-0.15, -0.1) is 0 Å². The second kappa shape index (κ2) is 2.90. The fourth-order valence-electron chi connectivity index (χ4n) is 2.07. The van der Waals surface area contributed by atoms with E-state index >= 15 is 0 Å². The van der Waals surface area contributed by atoms with Gasteiger partial charge in [-0.25, -0.2) is 8.78 Å². The number of alkyl halides is 2. The van der Waals surface area contributed by atoms with Crippen molar-refractivity contribution in [3.8, 4) is 0 Å². The van der Waals surface area contributed by atoms with Gasteiger partial charge in [0.1, 0.15) is 0 Å². The predicted octanol–water partition coefficient (Wildman–Crippen LogP) is 1.69. The molecule has 1 aliphatic rings. The van der Waals surface area contributed by atoms with E-state index in [1.165, 1.54) is 10.8 Å². The molecule has 2 aromatic rings. The van der Waals surface area contributed by atoms with Crippen LogP contribution in [0.5, 0.6) is 0 Å². The number of H-pyrrole nitrogens is 1. The zero-order chi connectivity index (χ0) is 11.3. The van der Waals surface area contributed by atoms with E-state index in [0.29, 0.717) is 10.9 Å². The van der Waals surface area contributed by atoms with Crippen LogP contribution in [0, 0.1) is 0 Å². The van der Waals surface area contributed by atoms with Crippen LogP contribution in [0.25, 0.3) is 10.9 Å². The average molecular weight is 225 g/mol. The lowest BCUT2D eigenvalue weighted by Gasteiger charge is -2.35. The molecule has 16 heavy (non-hydrogen) atoms. The predicted molar refractivity (Wildman–Crippen MR) is 53.6 cm³/mol. The molecule has 0 spiro atoms. The van der Waals surface area contributed by atoms with Gasteiger partial charge in [0.15, 0.2) is 0 Å². The first-order valence-electron chi connectivity index (χ1n) is 4.99. The number of aromatic nitrogens is 3. The van der Waals surface area contributed by atoms with Crippen molar-refractivity contribution in [2.75, 3.05) is 0 Å². The van der Waals surface area contributed by atoms with Crippen LogP contribution < -0.4 is 5.56 Å². The summed E-state index contributed by atoms with van der Waals surface area (Å²) in [5, 5.41) is 6.86. The summed E-state index contributed by atoms with van der Waals surface area (Å²) in [5.41, 5.74) is 0.374. The third kappa shape index (κ3) is 1.26. The van der Waals surface area contributed by atoms with Crippen LogP contribution in [0.15, 0.2) is 23.3 Å². The van der Waals surface area contributed by atoms with Crippen LogP contribution in [0.2, 0.25) is 0 Å². The van der Waals surface area contributed by atoms with Crippen molar-refractivity contribution in [3.05, 3.63) is 28.8 Å². The van der Waals surface area contributed by atoms with E-state index < -0.39 is 5.92 Å². The van der Waals surface area contributed by atoms with Crippen LogP contribution in [0.4, 0.5) is 8.78 Å². The number of fused-ring (bicyclic) bond motifs is 1. The first kappa shape index (κ1) is 9.50. The average Bonchev–Trinajstić information content (AvgIpc) is 2.63. The molecule has 1 N–H and O–H groups in total. The van der Waals surface area contributed by atoms with Crippen LogP contribution in [0.3, 0.4) is 0 Å². The molecule has 0 amide bonds. The highest BCUT2D eigenvalue weighted by molar-refractivity contribution is 5.76. The maximum Gasteiger partial charge on any atom is 0.261 e. The lowest BCUT2D eigenvalue weighted by Crippen LogP contribution is -2.40. The molecule has 2 heterocycles. The Labute approximate surface area is 88.9 Å². The molecule has 1 aliphatic carbocycles. The Hall–Kier alpha value is -1.72. The number of nitrogens with one attached hydrogen (secondary N) is 1. The topological polar surface area (TPSA) is 50.7 Å². The number of rotatable bonds is 1. The molecule has 84 valence electrons. The van der Waals surface area contributed by atoms with E-state index in [9.17, 15) is 13.6 Å². The second-order valence-electron chi connectivity index (χ2n) is 4.14. The van der Waals surface area contributed by atoms with Crippen LogP contribution in [-0.4, -0.2) is 20.7 Å². The van der Waals surface area contributed by atoms with Gasteiger partial charge in [-0.2, -0.15) is 5.10 Å². The summed E-state index contributed by atoms with van der Waals surface area (Å²) in [6.45, 7) is 0. The fourth-order valence-corrected chi connectivity index (χ4v) is 2.07. The van der Waals surface area contributed by atoms with E-state index in [1.54, 1.807) is 12.3 Å². The molecular formula is C10H9F2N3O. The molecule has 0 unspecified atom stereocenters. The Morgan fingerprint density at radius 3 is 2.94 bits per heavy atom. The smallest absolute Gasteiger partial charge is 0.261 e. The van der Waals surface area contributed by atoms with Crippen LogP contribution in [-0.2, 0) is 0 Å². The molecule has 0 bridgehead atoms. The Bertz CT molecular complexity index is 593. The number of hydrogen-bond acceptors (Lipinski definition) is 2. The number of aromatic amines is 1. The van der Waals surface area contributed by atoms with Crippen LogP contribution in [0.1, 0.15) is 18.9 Å². The fraction of sp³-hybridized carbons (Fsp3) is 0.400. The Morgan fingerprint density at radius 1 is 1.50 bits per heavy atom. The molecule has 0 radical (unpaired) electrons. The molecule has 2 aromatic heterocycles. The number of pyridine rings is 1. The molecule has 3 rings (SSSR count). The SMILES string of the molecule is O=c1c2cn[nH]c2ccn1C1CC(F)(F)C1. The Kier molecular flexibility index (Phi) is 1.72. The summed E-state index contributed by atoms with van der Waals surface area (Å²) in [4.78, 5) is 11.9. The van der Waals surface area contributed by atoms with Crippen molar-refractivity contribution in [1.29, 1.82) is 0 Å². The summed E-state index contributed by atoms with van der Waals surface area (Å²) >= 11 is 0. The second-order valence-corrected chi connectivity index (χ2v) is 4.14. The van der Waals surface area contributed by atoms with Crippen molar-refractivity contribution < 1.29 is 8.78 Å². The van der Waals surface area contributed by atoms with Gasteiger partial charge in [0, 0.05) is 25.1 Å². The highest BCUT2D eigenvalue weighted by Crippen LogP contribution is 2.44. The molecule has 1 saturated carbocycles. The quantitative estimate of drug-likeness (QED) is 0.802. The van der Waals surface area contributed by atoms with Gasteiger partial charge in [-0.05, 0) is 6.07 Å². The number of halogens is 2. The van der Waals surface area contributed by atoms with Crippen molar-refractivity contribution in [2.24, 2.45) is 0 Å². The van der Waals surface area contributed by atoms with Gasteiger partial charge >= 0.3 is 0 Å². The van der Waals surface area contributed by atoms with Gasteiger partial charge in [0.05, 0.1) is 17.1 Å². The minimum atomic E-state index is -2.62. The van der Waals surface area contributed by atoms with E-state index in [4.69, 9.17) is 0 Å². The van der Waals surface area contributed by atoms with Crippen molar-refractivity contribution in [1.82, 2.24) is 14.8 Å². The molecular weight excluding hydrogens is 216 g/mol. The molecule has 1 fully saturated rings. The van der Waals surface area contributed by atoms with Gasteiger partial charge in [0.25, 0.3) is 11.5 Å². The number of nitrogens with zero attached hydrogens (tertiary/aromatic N) is 2. The van der Waals surface area contributed by atoms with E-state index in [1.807, 2.05) is 0 Å². The third-order valence-electron chi connectivity index (χ3n) is 3.00. The molecule has 6 heteroatoms. The summed E-state index contributed by atoms with van der Waals surface area (Å²) in [6, 6.07) is 1.29. The summed E-state index contributed by atoms with van der Waals surface area (Å²) in [7, 11) is 0. The summed E-state index contributed by atoms with van der Waals surface area (Å²) in [5.74, 6) is -2.62. The zero-order valence-corrected chi connectivity index (χ0v) is 8.28. The zero-order valence-electron chi connectivity index (χ0n) is 8.28. The summed E-state index contributed by atoms with van der Waals surface area (Å²) in [6.07, 6.45) is 2.46. The first-order chi connectivity index (χ1) is 7.57. The lowest BCUT2D eigenvalue weighted by molar-refractivity contribution is -0.104. The normalized spacial score (nSPS) is 19.9. The Balaban J connectivity index is 2.05. The van der Waals surface area contributed by atoms with Gasteiger partial charge in [0.2, 0.25) is 0 Å². The first-order valence-corrected chi connectivity index (χ1v) is 4.99.